The second-order valence-electron chi connectivity index (χ2n) is 4.77. The minimum Gasteiger partial charge on any atom is -0.508 e. The fraction of sp³-hybridized carbons (Fsp3) is 0.0588. The molecule has 1 aromatic heterocycles. The predicted molar refractivity (Wildman–Crippen MR) is 81.0 cm³/mol. The van der Waals surface area contributed by atoms with Crippen molar-refractivity contribution in [3.63, 3.8) is 0 Å². The fourth-order valence-electron chi connectivity index (χ4n) is 2.11. The molecular formula is C17H14N2O2. The summed E-state index contributed by atoms with van der Waals surface area (Å²) >= 11 is 0. The van der Waals surface area contributed by atoms with Gasteiger partial charge < -0.3 is 10.4 Å². The summed E-state index contributed by atoms with van der Waals surface area (Å²) < 4.78 is 0. The zero-order valence-corrected chi connectivity index (χ0v) is 11.3. The zero-order chi connectivity index (χ0) is 14.7. The van der Waals surface area contributed by atoms with E-state index in [-0.39, 0.29) is 11.7 Å². The van der Waals surface area contributed by atoms with E-state index in [1.807, 2.05) is 30.3 Å². The van der Waals surface area contributed by atoms with Crippen LogP contribution in [0, 0.1) is 0 Å². The first-order chi connectivity index (χ1) is 10.2. The summed E-state index contributed by atoms with van der Waals surface area (Å²) in [5.41, 5.74) is 2.40. The van der Waals surface area contributed by atoms with Crippen molar-refractivity contribution in [2.75, 3.05) is 0 Å². The van der Waals surface area contributed by atoms with Gasteiger partial charge >= 0.3 is 0 Å². The Morgan fingerprint density at radius 1 is 1.10 bits per heavy atom. The molecular weight excluding hydrogens is 264 g/mol. The van der Waals surface area contributed by atoms with Crippen molar-refractivity contribution in [3.8, 4) is 5.75 Å². The average Bonchev–Trinajstić information content (AvgIpc) is 2.53. The van der Waals surface area contributed by atoms with Gasteiger partial charge in [0.1, 0.15) is 5.75 Å². The van der Waals surface area contributed by atoms with Crippen LogP contribution in [0.4, 0.5) is 0 Å². The Labute approximate surface area is 122 Å². The molecule has 0 unspecified atom stereocenters. The molecule has 0 saturated heterocycles. The molecule has 0 aliphatic rings. The molecule has 0 atom stereocenters. The largest absolute Gasteiger partial charge is 0.508 e. The number of phenolic OH excluding ortho intramolecular Hbond substituents is 1. The number of pyridine rings is 1. The Morgan fingerprint density at radius 3 is 2.67 bits per heavy atom. The summed E-state index contributed by atoms with van der Waals surface area (Å²) in [6.45, 7) is 0.414. The third-order valence-electron chi connectivity index (χ3n) is 3.23. The van der Waals surface area contributed by atoms with Gasteiger partial charge in [-0.25, -0.2) is 0 Å². The number of aromatic nitrogens is 1. The van der Waals surface area contributed by atoms with E-state index < -0.39 is 0 Å². The average molecular weight is 278 g/mol. The van der Waals surface area contributed by atoms with E-state index in [0.29, 0.717) is 12.1 Å². The van der Waals surface area contributed by atoms with Crippen LogP contribution in [0.3, 0.4) is 0 Å². The van der Waals surface area contributed by atoms with Gasteiger partial charge in [0.25, 0.3) is 5.91 Å². The maximum atomic E-state index is 12.0. The Morgan fingerprint density at radius 2 is 1.86 bits per heavy atom. The van der Waals surface area contributed by atoms with E-state index >= 15 is 0 Å². The van der Waals surface area contributed by atoms with Gasteiger partial charge in [0.2, 0.25) is 0 Å². The van der Waals surface area contributed by atoms with Crippen molar-refractivity contribution < 1.29 is 9.90 Å². The third-order valence-corrected chi connectivity index (χ3v) is 3.23. The molecule has 2 N–H and O–H groups in total. The lowest BCUT2D eigenvalue weighted by atomic mass is 10.1. The van der Waals surface area contributed by atoms with Crippen LogP contribution >= 0.6 is 0 Å². The molecule has 0 fully saturated rings. The Kier molecular flexibility index (Phi) is 3.51. The van der Waals surface area contributed by atoms with Crippen LogP contribution in [-0.2, 0) is 6.54 Å². The van der Waals surface area contributed by atoms with E-state index in [1.54, 1.807) is 18.3 Å². The van der Waals surface area contributed by atoms with Crippen LogP contribution in [-0.4, -0.2) is 16.0 Å². The number of hydrogen-bond acceptors (Lipinski definition) is 3. The summed E-state index contributed by atoms with van der Waals surface area (Å²) in [7, 11) is 0. The number of fused-ring (bicyclic) bond motifs is 1. The monoisotopic (exact) mass is 278 g/mol. The SMILES string of the molecule is O=C(NCc1cnc2ccccc2c1)c1ccc(O)cc1. The molecule has 0 bridgehead atoms. The number of carbonyl (C=O) groups excluding carboxylic acids is 1. The number of aromatic hydroxyl groups is 1. The number of phenols is 1. The van der Waals surface area contributed by atoms with Crippen LogP contribution in [0.1, 0.15) is 15.9 Å². The number of hydrogen-bond donors (Lipinski definition) is 2. The van der Waals surface area contributed by atoms with Crippen LogP contribution < -0.4 is 5.32 Å². The summed E-state index contributed by atoms with van der Waals surface area (Å²) in [6.07, 6.45) is 1.76. The zero-order valence-electron chi connectivity index (χ0n) is 11.3. The number of nitrogens with one attached hydrogen (secondary N) is 1. The molecule has 4 heteroatoms. The molecule has 104 valence electrons. The van der Waals surface area contributed by atoms with Crippen LogP contribution in [0.2, 0.25) is 0 Å². The molecule has 1 amide bonds. The van der Waals surface area contributed by atoms with Crippen molar-refractivity contribution in [1.29, 1.82) is 0 Å². The molecule has 0 aliphatic carbocycles. The van der Waals surface area contributed by atoms with Crippen LogP contribution in [0.15, 0.2) is 60.8 Å². The van der Waals surface area contributed by atoms with E-state index in [4.69, 9.17) is 0 Å². The predicted octanol–water partition coefficient (Wildman–Crippen LogP) is 2.87. The van der Waals surface area contributed by atoms with Crippen molar-refractivity contribution in [3.05, 3.63) is 71.9 Å². The second kappa shape index (κ2) is 5.63. The number of nitrogens with zero attached hydrogens (tertiary/aromatic N) is 1. The minimum absolute atomic E-state index is 0.144. The first-order valence-electron chi connectivity index (χ1n) is 6.63. The minimum atomic E-state index is -0.178. The molecule has 0 saturated carbocycles. The second-order valence-corrected chi connectivity index (χ2v) is 4.77. The van der Waals surface area contributed by atoms with E-state index in [2.05, 4.69) is 10.3 Å². The lowest BCUT2D eigenvalue weighted by Crippen LogP contribution is -2.22. The maximum absolute atomic E-state index is 12.0. The lowest BCUT2D eigenvalue weighted by Gasteiger charge is -2.06. The molecule has 3 rings (SSSR count). The van der Waals surface area contributed by atoms with Gasteiger partial charge in [0.05, 0.1) is 5.52 Å². The number of rotatable bonds is 3. The van der Waals surface area contributed by atoms with Crippen molar-refractivity contribution in [1.82, 2.24) is 10.3 Å². The summed E-state index contributed by atoms with van der Waals surface area (Å²) in [6, 6.07) is 16.0. The smallest absolute Gasteiger partial charge is 0.251 e. The van der Waals surface area contributed by atoms with Gasteiger partial charge in [0.15, 0.2) is 0 Å². The first-order valence-corrected chi connectivity index (χ1v) is 6.63. The Hall–Kier alpha value is -2.88. The van der Waals surface area contributed by atoms with E-state index in [0.717, 1.165) is 16.5 Å². The summed E-state index contributed by atoms with van der Waals surface area (Å²) in [5, 5.41) is 13.1. The van der Waals surface area contributed by atoms with Gasteiger partial charge in [-0.3, -0.25) is 9.78 Å². The summed E-state index contributed by atoms with van der Waals surface area (Å²) in [5.74, 6) is -0.0339. The van der Waals surface area contributed by atoms with E-state index in [1.165, 1.54) is 12.1 Å². The highest BCUT2D eigenvalue weighted by Gasteiger charge is 2.05. The first kappa shape index (κ1) is 13.1. The normalized spacial score (nSPS) is 10.5. The third kappa shape index (κ3) is 3.00. The van der Waals surface area contributed by atoms with Crippen molar-refractivity contribution in [2.24, 2.45) is 0 Å². The summed E-state index contributed by atoms with van der Waals surface area (Å²) in [4.78, 5) is 16.3. The highest BCUT2D eigenvalue weighted by Crippen LogP contribution is 2.13. The quantitative estimate of drug-likeness (QED) is 0.774. The van der Waals surface area contributed by atoms with Gasteiger partial charge in [-0.15, -0.1) is 0 Å². The Balaban J connectivity index is 1.71. The van der Waals surface area contributed by atoms with Crippen molar-refractivity contribution >= 4 is 16.8 Å². The molecule has 0 radical (unpaired) electrons. The number of para-hydroxylation sites is 1. The van der Waals surface area contributed by atoms with Gasteiger partial charge in [-0.05, 0) is 42.0 Å². The van der Waals surface area contributed by atoms with Crippen LogP contribution in [0.25, 0.3) is 10.9 Å². The van der Waals surface area contributed by atoms with E-state index in [9.17, 15) is 9.90 Å². The standard InChI is InChI=1S/C17H14N2O2/c20-15-7-5-13(6-8-15)17(21)19-11-12-9-14-3-1-2-4-16(14)18-10-12/h1-10,20H,11H2,(H,19,21). The van der Waals surface area contributed by atoms with Gasteiger partial charge in [0, 0.05) is 23.7 Å². The molecule has 0 spiro atoms. The van der Waals surface area contributed by atoms with Crippen molar-refractivity contribution in [2.45, 2.75) is 6.54 Å². The topological polar surface area (TPSA) is 62.2 Å². The maximum Gasteiger partial charge on any atom is 0.251 e. The number of carbonyl (C=O) groups is 1. The molecule has 4 nitrogen and oxygen atoms in total. The van der Waals surface area contributed by atoms with Gasteiger partial charge in [-0.1, -0.05) is 18.2 Å². The highest BCUT2D eigenvalue weighted by atomic mass is 16.3. The van der Waals surface area contributed by atoms with Gasteiger partial charge in [-0.2, -0.15) is 0 Å². The molecule has 2 aromatic carbocycles. The lowest BCUT2D eigenvalue weighted by molar-refractivity contribution is 0.0951. The number of amides is 1. The number of benzene rings is 2. The molecule has 0 aliphatic heterocycles. The fourth-order valence-corrected chi connectivity index (χ4v) is 2.11. The molecule has 1 heterocycles. The molecule has 3 aromatic rings. The molecule has 21 heavy (non-hydrogen) atoms. The van der Waals surface area contributed by atoms with Crippen LogP contribution in [0.5, 0.6) is 5.75 Å². The highest BCUT2D eigenvalue weighted by molar-refractivity contribution is 5.94. The Bertz CT molecular complexity index is 782.